The van der Waals surface area contributed by atoms with Crippen molar-refractivity contribution in [1.82, 2.24) is 5.32 Å². The summed E-state index contributed by atoms with van der Waals surface area (Å²) in [5.41, 5.74) is 4.01. The number of hydrogen-bond donors (Lipinski definition) is 1. The van der Waals surface area contributed by atoms with Crippen molar-refractivity contribution in [2.24, 2.45) is 0 Å². The van der Waals surface area contributed by atoms with Gasteiger partial charge in [-0.05, 0) is 36.2 Å². The molecule has 3 aromatic carbocycles. The first kappa shape index (κ1) is 19.2. The highest BCUT2D eigenvalue weighted by Crippen LogP contribution is 2.23. The molecule has 0 aliphatic carbocycles. The van der Waals surface area contributed by atoms with Gasteiger partial charge in [0.15, 0.2) is 0 Å². The zero-order valence-electron chi connectivity index (χ0n) is 15.2. The molecule has 0 heterocycles. The van der Waals surface area contributed by atoms with Crippen LogP contribution in [0.15, 0.2) is 77.3 Å². The summed E-state index contributed by atoms with van der Waals surface area (Å²) in [5.74, 6) is 0.446. The number of hydrogen-bond acceptors (Lipinski definition) is 2. The maximum atomic E-state index is 12.7. The summed E-state index contributed by atoms with van der Waals surface area (Å²) in [4.78, 5) is 12.7. The van der Waals surface area contributed by atoms with Crippen LogP contribution in [-0.2, 0) is 13.0 Å². The van der Waals surface area contributed by atoms with E-state index in [9.17, 15) is 4.79 Å². The van der Waals surface area contributed by atoms with E-state index >= 15 is 0 Å². The minimum atomic E-state index is -0.147. The van der Waals surface area contributed by atoms with Gasteiger partial charge >= 0.3 is 0 Å². The van der Waals surface area contributed by atoms with Crippen molar-refractivity contribution < 1.29 is 9.53 Å². The van der Waals surface area contributed by atoms with E-state index in [2.05, 4.69) is 33.4 Å². The van der Waals surface area contributed by atoms with Gasteiger partial charge in [-0.25, -0.2) is 0 Å². The first-order chi connectivity index (χ1) is 13.1. The molecule has 0 bridgehead atoms. The lowest BCUT2D eigenvalue weighted by atomic mass is 10.1. The Morgan fingerprint density at radius 2 is 1.70 bits per heavy atom. The molecule has 0 aliphatic heterocycles. The van der Waals surface area contributed by atoms with E-state index in [0.29, 0.717) is 24.5 Å². The van der Waals surface area contributed by atoms with Crippen LogP contribution in [0.1, 0.15) is 27.0 Å². The fourth-order valence-corrected chi connectivity index (χ4v) is 3.07. The zero-order valence-corrected chi connectivity index (χ0v) is 16.8. The lowest BCUT2D eigenvalue weighted by Crippen LogP contribution is -2.23. The molecule has 0 aliphatic rings. The Labute approximate surface area is 168 Å². The van der Waals surface area contributed by atoms with Gasteiger partial charge in [-0.1, -0.05) is 76.1 Å². The van der Waals surface area contributed by atoms with Gasteiger partial charge in [0, 0.05) is 17.4 Å². The van der Waals surface area contributed by atoms with Gasteiger partial charge in [0.05, 0.1) is 12.2 Å². The summed E-state index contributed by atoms with van der Waals surface area (Å²) in [7, 11) is 0. The van der Waals surface area contributed by atoms with Crippen LogP contribution < -0.4 is 10.1 Å². The summed E-state index contributed by atoms with van der Waals surface area (Å²) in [6, 6.07) is 23.8. The molecule has 4 heteroatoms. The van der Waals surface area contributed by atoms with Gasteiger partial charge in [-0.15, -0.1) is 0 Å². The van der Waals surface area contributed by atoms with Gasteiger partial charge in [0.1, 0.15) is 5.75 Å². The highest BCUT2D eigenvalue weighted by atomic mass is 79.9. The van der Waals surface area contributed by atoms with Crippen LogP contribution in [0.25, 0.3) is 0 Å². The van der Waals surface area contributed by atoms with Crippen LogP contribution >= 0.6 is 15.9 Å². The van der Waals surface area contributed by atoms with Crippen LogP contribution in [0.5, 0.6) is 5.75 Å². The Bertz CT molecular complexity index is 892. The van der Waals surface area contributed by atoms with Gasteiger partial charge in [0.2, 0.25) is 0 Å². The van der Waals surface area contributed by atoms with Crippen LogP contribution in [0, 0.1) is 6.92 Å². The van der Waals surface area contributed by atoms with E-state index in [0.717, 1.165) is 16.5 Å². The molecule has 1 N–H and O–H groups in total. The normalized spacial score (nSPS) is 10.4. The summed E-state index contributed by atoms with van der Waals surface area (Å²) < 4.78 is 6.75. The Morgan fingerprint density at radius 1 is 0.963 bits per heavy atom. The predicted octanol–water partition coefficient (Wildman–Crippen LogP) is 5.31. The quantitative estimate of drug-likeness (QED) is 0.558. The van der Waals surface area contributed by atoms with E-state index in [1.807, 2.05) is 61.5 Å². The van der Waals surface area contributed by atoms with Crippen molar-refractivity contribution in [1.29, 1.82) is 0 Å². The molecule has 3 aromatic rings. The summed E-state index contributed by atoms with van der Waals surface area (Å²) in [5, 5.41) is 2.97. The number of aryl methyl sites for hydroxylation is 1. The minimum absolute atomic E-state index is 0.147. The third kappa shape index (κ3) is 5.69. The molecule has 0 saturated heterocycles. The van der Waals surface area contributed by atoms with Crippen LogP contribution in [0.4, 0.5) is 0 Å². The molecule has 0 unspecified atom stereocenters. The molecule has 138 valence electrons. The standard InChI is InChI=1S/C23H22BrNO2/c1-17-7-9-19(10-8-17)16-25-23(26)21-15-20(24)11-12-22(21)27-14-13-18-5-3-2-4-6-18/h2-12,15H,13-14,16H2,1H3,(H,25,26). The number of carbonyl (C=O) groups is 1. The molecular weight excluding hydrogens is 402 g/mol. The Kier molecular flexibility index (Phi) is 6.66. The van der Waals surface area contributed by atoms with E-state index in [4.69, 9.17) is 4.74 Å². The van der Waals surface area contributed by atoms with Crippen molar-refractivity contribution >= 4 is 21.8 Å². The maximum Gasteiger partial charge on any atom is 0.255 e. The minimum Gasteiger partial charge on any atom is -0.492 e. The molecule has 0 fully saturated rings. The fraction of sp³-hybridized carbons (Fsp3) is 0.174. The second-order valence-electron chi connectivity index (χ2n) is 6.39. The van der Waals surface area contributed by atoms with Crippen molar-refractivity contribution in [2.75, 3.05) is 6.61 Å². The Hall–Kier alpha value is -2.59. The molecule has 3 rings (SSSR count). The summed E-state index contributed by atoms with van der Waals surface area (Å²) in [6.07, 6.45) is 0.793. The molecule has 0 atom stereocenters. The van der Waals surface area contributed by atoms with E-state index in [1.165, 1.54) is 11.1 Å². The average molecular weight is 424 g/mol. The number of rotatable bonds is 7. The van der Waals surface area contributed by atoms with Crippen molar-refractivity contribution in [2.45, 2.75) is 19.9 Å². The number of amides is 1. The molecule has 0 saturated carbocycles. The molecule has 0 spiro atoms. The van der Waals surface area contributed by atoms with Gasteiger partial charge in [0.25, 0.3) is 5.91 Å². The fourth-order valence-electron chi connectivity index (χ4n) is 2.71. The first-order valence-corrected chi connectivity index (χ1v) is 9.71. The zero-order chi connectivity index (χ0) is 19.1. The van der Waals surface area contributed by atoms with Gasteiger partial charge in [-0.2, -0.15) is 0 Å². The smallest absolute Gasteiger partial charge is 0.255 e. The monoisotopic (exact) mass is 423 g/mol. The average Bonchev–Trinajstić information content (AvgIpc) is 2.69. The Balaban J connectivity index is 1.63. The highest BCUT2D eigenvalue weighted by Gasteiger charge is 2.13. The summed E-state index contributed by atoms with van der Waals surface area (Å²) in [6.45, 7) is 3.04. The van der Waals surface area contributed by atoms with E-state index in [-0.39, 0.29) is 5.91 Å². The van der Waals surface area contributed by atoms with E-state index < -0.39 is 0 Å². The SMILES string of the molecule is Cc1ccc(CNC(=O)c2cc(Br)ccc2OCCc2ccccc2)cc1. The molecule has 1 amide bonds. The number of carbonyl (C=O) groups excluding carboxylic acids is 1. The lowest BCUT2D eigenvalue weighted by molar-refractivity contribution is 0.0947. The third-order valence-corrected chi connectivity index (χ3v) is 4.74. The van der Waals surface area contributed by atoms with Gasteiger partial charge in [-0.3, -0.25) is 4.79 Å². The number of halogens is 1. The van der Waals surface area contributed by atoms with Crippen molar-refractivity contribution in [3.63, 3.8) is 0 Å². The molecule has 0 aromatic heterocycles. The number of ether oxygens (including phenoxy) is 1. The second kappa shape index (κ2) is 9.38. The topological polar surface area (TPSA) is 38.3 Å². The number of benzene rings is 3. The van der Waals surface area contributed by atoms with Crippen molar-refractivity contribution in [3.05, 3.63) is 99.5 Å². The predicted molar refractivity (Wildman–Crippen MR) is 112 cm³/mol. The van der Waals surface area contributed by atoms with Crippen molar-refractivity contribution in [3.8, 4) is 5.75 Å². The van der Waals surface area contributed by atoms with Crippen LogP contribution in [0.3, 0.4) is 0 Å². The number of nitrogens with one attached hydrogen (secondary N) is 1. The van der Waals surface area contributed by atoms with Gasteiger partial charge < -0.3 is 10.1 Å². The lowest BCUT2D eigenvalue weighted by Gasteiger charge is -2.13. The first-order valence-electron chi connectivity index (χ1n) is 8.92. The summed E-state index contributed by atoms with van der Waals surface area (Å²) >= 11 is 3.44. The maximum absolute atomic E-state index is 12.7. The Morgan fingerprint density at radius 3 is 2.44 bits per heavy atom. The molecule has 3 nitrogen and oxygen atoms in total. The second-order valence-corrected chi connectivity index (χ2v) is 7.31. The van der Waals surface area contributed by atoms with Crippen LogP contribution in [0.2, 0.25) is 0 Å². The molecule has 27 heavy (non-hydrogen) atoms. The molecule has 0 radical (unpaired) electrons. The largest absolute Gasteiger partial charge is 0.492 e. The third-order valence-electron chi connectivity index (χ3n) is 4.25. The van der Waals surface area contributed by atoms with Crippen LogP contribution in [-0.4, -0.2) is 12.5 Å². The van der Waals surface area contributed by atoms with E-state index in [1.54, 1.807) is 6.07 Å². The molecular formula is C23H22BrNO2. The highest BCUT2D eigenvalue weighted by molar-refractivity contribution is 9.10.